The lowest BCUT2D eigenvalue weighted by molar-refractivity contribution is -0.139. The van der Waals surface area contributed by atoms with Gasteiger partial charge in [-0.3, -0.25) is 10.00 Å². The van der Waals surface area contributed by atoms with Crippen LogP contribution < -0.4 is 10.6 Å². The summed E-state index contributed by atoms with van der Waals surface area (Å²) in [7, 11) is 2.42. The standard InChI is InChI=1S/C25H21N5O4/c1-33-24(31)21-20(15-7-4-3-5-8-15)18(14-26)23(27)30(22(21)25(32)34-2)17-10-6-9-16(13-17)19-11-12-28-29-19/h3-13,20H,27H2,1-2H3,(H,28,29). The molecule has 4 rings (SSSR count). The number of esters is 2. The number of nitrogens with two attached hydrogens (primary N) is 1. The van der Waals surface area contributed by atoms with E-state index < -0.39 is 17.9 Å². The van der Waals surface area contributed by atoms with Crippen molar-refractivity contribution in [3.05, 3.63) is 95.1 Å². The zero-order chi connectivity index (χ0) is 24.2. The van der Waals surface area contributed by atoms with Gasteiger partial charge in [-0.25, -0.2) is 9.59 Å². The molecule has 2 heterocycles. The molecule has 2 aromatic carbocycles. The second-order valence-electron chi connectivity index (χ2n) is 7.36. The summed E-state index contributed by atoms with van der Waals surface area (Å²) in [6.07, 6.45) is 1.62. The number of hydrogen-bond acceptors (Lipinski definition) is 8. The Morgan fingerprint density at radius 1 is 1.06 bits per heavy atom. The van der Waals surface area contributed by atoms with Gasteiger partial charge in [-0.05, 0) is 23.8 Å². The number of ether oxygens (including phenoxy) is 2. The zero-order valence-corrected chi connectivity index (χ0v) is 18.5. The lowest BCUT2D eigenvalue weighted by Crippen LogP contribution is -2.40. The molecule has 1 aliphatic heterocycles. The van der Waals surface area contributed by atoms with Gasteiger partial charge in [0, 0.05) is 17.4 Å². The van der Waals surface area contributed by atoms with Gasteiger partial charge in [0.05, 0.1) is 43.0 Å². The quantitative estimate of drug-likeness (QED) is 0.561. The number of anilines is 1. The first kappa shape index (κ1) is 22.4. The summed E-state index contributed by atoms with van der Waals surface area (Å²) in [6.45, 7) is 0. The Morgan fingerprint density at radius 2 is 1.79 bits per heavy atom. The van der Waals surface area contributed by atoms with E-state index in [0.29, 0.717) is 11.3 Å². The van der Waals surface area contributed by atoms with Crippen LogP contribution in [0.5, 0.6) is 0 Å². The minimum Gasteiger partial charge on any atom is -0.466 e. The maximum Gasteiger partial charge on any atom is 0.355 e. The predicted molar refractivity (Wildman–Crippen MR) is 124 cm³/mol. The molecular weight excluding hydrogens is 434 g/mol. The van der Waals surface area contributed by atoms with Crippen LogP contribution >= 0.6 is 0 Å². The van der Waals surface area contributed by atoms with E-state index in [1.807, 2.05) is 6.07 Å². The van der Waals surface area contributed by atoms with Crippen molar-refractivity contribution >= 4 is 17.6 Å². The van der Waals surface area contributed by atoms with E-state index in [4.69, 9.17) is 15.2 Å². The lowest BCUT2D eigenvalue weighted by Gasteiger charge is -2.36. The fraction of sp³-hybridized carbons (Fsp3) is 0.120. The largest absolute Gasteiger partial charge is 0.466 e. The van der Waals surface area contributed by atoms with Crippen molar-refractivity contribution in [2.75, 3.05) is 19.1 Å². The molecule has 9 nitrogen and oxygen atoms in total. The third-order valence-corrected chi connectivity index (χ3v) is 5.53. The van der Waals surface area contributed by atoms with E-state index in [-0.39, 0.29) is 22.7 Å². The van der Waals surface area contributed by atoms with E-state index in [0.717, 1.165) is 11.3 Å². The molecule has 34 heavy (non-hydrogen) atoms. The Balaban J connectivity index is 2.02. The molecule has 1 atom stereocenters. The van der Waals surface area contributed by atoms with Gasteiger partial charge in [-0.2, -0.15) is 10.4 Å². The number of aromatic amines is 1. The first-order valence-corrected chi connectivity index (χ1v) is 10.3. The van der Waals surface area contributed by atoms with Crippen LogP contribution in [-0.2, 0) is 19.1 Å². The second-order valence-corrected chi connectivity index (χ2v) is 7.36. The zero-order valence-electron chi connectivity index (χ0n) is 18.5. The summed E-state index contributed by atoms with van der Waals surface area (Å²) in [5.41, 5.74) is 9.01. The molecule has 3 aromatic rings. The van der Waals surface area contributed by atoms with Crippen LogP contribution in [0.25, 0.3) is 11.3 Å². The minimum absolute atomic E-state index is 0.00571. The molecule has 0 aliphatic carbocycles. The number of methoxy groups -OCH3 is 2. The first-order valence-electron chi connectivity index (χ1n) is 10.3. The summed E-state index contributed by atoms with van der Waals surface area (Å²) in [5.74, 6) is -2.48. The molecule has 0 amide bonds. The van der Waals surface area contributed by atoms with E-state index in [9.17, 15) is 14.9 Å². The molecule has 170 valence electrons. The number of benzene rings is 2. The van der Waals surface area contributed by atoms with Gasteiger partial charge in [0.15, 0.2) is 0 Å². The van der Waals surface area contributed by atoms with Gasteiger partial charge in [-0.15, -0.1) is 0 Å². The Bertz CT molecular complexity index is 1340. The highest BCUT2D eigenvalue weighted by atomic mass is 16.5. The van der Waals surface area contributed by atoms with Crippen molar-refractivity contribution in [1.29, 1.82) is 5.26 Å². The number of nitrogens with one attached hydrogen (secondary N) is 1. The van der Waals surface area contributed by atoms with Crippen LogP contribution in [0.3, 0.4) is 0 Å². The molecule has 1 aliphatic rings. The molecule has 1 aromatic heterocycles. The highest BCUT2D eigenvalue weighted by Crippen LogP contribution is 2.43. The van der Waals surface area contributed by atoms with Crippen LogP contribution in [-0.4, -0.2) is 36.4 Å². The SMILES string of the molecule is COC(=O)C1=C(C(=O)OC)N(c2cccc(-c3ccn[nH]3)c2)C(N)=C(C#N)C1c1ccccc1. The van der Waals surface area contributed by atoms with Crippen LogP contribution in [0.1, 0.15) is 11.5 Å². The van der Waals surface area contributed by atoms with E-state index >= 15 is 0 Å². The molecule has 0 radical (unpaired) electrons. The Labute approximate surface area is 195 Å². The van der Waals surface area contributed by atoms with Crippen LogP contribution in [0.15, 0.2) is 89.5 Å². The summed E-state index contributed by atoms with van der Waals surface area (Å²) < 4.78 is 10.1. The third kappa shape index (κ3) is 3.78. The van der Waals surface area contributed by atoms with Crippen LogP contribution in [0.4, 0.5) is 5.69 Å². The number of carbonyl (C=O) groups is 2. The Kier molecular flexibility index (Phi) is 6.14. The molecule has 0 spiro atoms. The summed E-state index contributed by atoms with van der Waals surface area (Å²) in [4.78, 5) is 27.5. The predicted octanol–water partition coefficient (Wildman–Crippen LogP) is 2.97. The number of hydrogen-bond donors (Lipinski definition) is 2. The molecule has 3 N–H and O–H groups in total. The van der Waals surface area contributed by atoms with E-state index in [2.05, 4.69) is 16.3 Å². The number of nitrogens with zero attached hydrogens (tertiary/aromatic N) is 3. The van der Waals surface area contributed by atoms with Crippen LogP contribution in [0.2, 0.25) is 0 Å². The number of nitriles is 1. The highest BCUT2D eigenvalue weighted by molar-refractivity contribution is 6.06. The molecule has 1 unspecified atom stereocenters. The van der Waals surface area contributed by atoms with Gasteiger partial charge < -0.3 is 15.2 Å². The fourth-order valence-electron chi connectivity index (χ4n) is 4.01. The molecule has 0 fully saturated rings. The van der Waals surface area contributed by atoms with Crippen molar-refractivity contribution in [1.82, 2.24) is 10.2 Å². The van der Waals surface area contributed by atoms with Gasteiger partial charge in [0.2, 0.25) is 0 Å². The maximum absolute atomic E-state index is 13.1. The fourth-order valence-corrected chi connectivity index (χ4v) is 4.01. The van der Waals surface area contributed by atoms with Crippen molar-refractivity contribution in [3.8, 4) is 17.3 Å². The smallest absolute Gasteiger partial charge is 0.355 e. The first-order chi connectivity index (χ1) is 16.5. The van der Waals surface area contributed by atoms with Crippen LogP contribution in [0, 0.1) is 11.3 Å². The number of rotatable bonds is 5. The number of aromatic nitrogens is 2. The van der Waals surface area contributed by atoms with Crippen molar-refractivity contribution in [2.24, 2.45) is 5.73 Å². The lowest BCUT2D eigenvalue weighted by atomic mass is 9.81. The monoisotopic (exact) mass is 455 g/mol. The number of allylic oxidation sites excluding steroid dienone is 1. The Morgan fingerprint density at radius 3 is 2.41 bits per heavy atom. The van der Waals surface area contributed by atoms with Crippen molar-refractivity contribution in [3.63, 3.8) is 0 Å². The second kappa shape index (κ2) is 9.34. The van der Waals surface area contributed by atoms with Gasteiger partial charge in [0.25, 0.3) is 0 Å². The minimum atomic E-state index is -0.917. The molecule has 0 saturated carbocycles. The summed E-state index contributed by atoms with van der Waals surface area (Å²) in [5, 5.41) is 16.9. The van der Waals surface area contributed by atoms with E-state index in [1.165, 1.54) is 19.1 Å². The van der Waals surface area contributed by atoms with Gasteiger partial charge >= 0.3 is 11.9 Å². The van der Waals surface area contributed by atoms with Gasteiger partial charge in [-0.1, -0.05) is 42.5 Å². The summed E-state index contributed by atoms with van der Waals surface area (Å²) in [6, 6.07) is 19.9. The summed E-state index contributed by atoms with van der Waals surface area (Å²) >= 11 is 0. The molecular formula is C25H21N5O4. The highest BCUT2D eigenvalue weighted by Gasteiger charge is 2.43. The topological polar surface area (TPSA) is 134 Å². The van der Waals surface area contributed by atoms with Gasteiger partial charge in [0.1, 0.15) is 11.5 Å². The normalized spacial score (nSPS) is 15.7. The number of carbonyl (C=O) groups excluding carboxylic acids is 2. The van der Waals surface area contributed by atoms with Crippen molar-refractivity contribution < 1.29 is 19.1 Å². The molecule has 0 bridgehead atoms. The average Bonchev–Trinajstić information content (AvgIpc) is 3.42. The third-order valence-electron chi connectivity index (χ3n) is 5.53. The molecule has 0 saturated heterocycles. The molecule has 9 heteroatoms. The van der Waals surface area contributed by atoms with Crippen molar-refractivity contribution in [2.45, 2.75) is 5.92 Å². The Hall–Kier alpha value is -4.84. The maximum atomic E-state index is 13.1. The number of H-pyrrole nitrogens is 1. The van der Waals surface area contributed by atoms with E-state index in [1.54, 1.807) is 60.8 Å². The average molecular weight is 455 g/mol.